The van der Waals surface area contributed by atoms with Crippen molar-refractivity contribution in [3.63, 3.8) is 0 Å². The zero-order chi connectivity index (χ0) is 7.90. The molecule has 2 rings (SSSR count). The molecule has 0 atom stereocenters. The summed E-state index contributed by atoms with van der Waals surface area (Å²) in [6.45, 7) is 4.31. The van der Waals surface area contributed by atoms with E-state index in [9.17, 15) is 0 Å². The number of hydrogen-bond donors (Lipinski definition) is 0. The van der Waals surface area contributed by atoms with E-state index in [2.05, 4.69) is 36.0 Å². The van der Waals surface area contributed by atoms with E-state index in [0.29, 0.717) is 0 Å². The zero-order valence-electron chi connectivity index (χ0n) is 6.70. The summed E-state index contributed by atoms with van der Waals surface area (Å²) >= 11 is 0. The third-order valence-electron chi connectivity index (χ3n) is 1.84. The van der Waals surface area contributed by atoms with Crippen LogP contribution in [0.1, 0.15) is 13.8 Å². The normalized spacial score (nSPS) is 24.5. The van der Waals surface area contributed by atoms with Gasteiger partial charge in [0.05, 0.1) is 11.4 Å². The first-order chi connectivity index (χ1) is 5.17. The van der Waals surface area contributed by atoms with Crippen LogP contribution in [0.15, 0.2) is 33.9 Å². The molecule has 0 saturated carbocycles. The van der Waals surface area contributed by atoms with Crippen LogP contribution in [0.3, 0.4) is 0 Å². The van der Waals surface area contributed by atoms with Crippen molar-refractivity contribution < 1.29 is 0 Å². The molecule has 0 amide bonds. The lowest BCUT2D eigenvalue weighted by Crippen LogP contribution is -2.11. The highest BCUT2D eigenvalue weighted by Crippen LogP contribution is 2.27. The minimum absolute atomic E-state index is 0.135. The number of aliphatic imine (C=N–C) groups is 2. The molecule has 0 aromatic rings. The van der Waals surface area contributed by atoms with Crippen LogP contribution >= 0.6 is 0 Å². The quantitative estimate of drug-likeness (QED) is 0.499. The molecule has 11 heavy (non-hydrogen) atoms. The van der Waals surface area contributed by atoms with Gasteiger partial charge in [0.1, 0.15) is 6.34 Å². The summed E-state index contributed by atoms with van der Waals surface area (Å²) in [6.07, 6.45) is 7.91. The average Bonchev–Trinajstić information content (AvgIpc) is 2.31. The second-order valence-corrected chi connectivity index (χ2v) is 3.44. The van der Waals surface area contributed by atoms with Crippen molar-refractivity contribution >= 4 is 12.1 Å². The van der Waals surface area contributed by atoms with Crippen molar-refractivity contribution in [3.8, 4) is 0 Å². The average molecular weight is 146 g/mol. The second kappa shape index (κ2) is 1.91. The van der Waals surface area contributed by atoms with Gasteiger partial charge < -0.3 is 0 Å². The molecule has 1 aliphatic carbocycles. The third kappa shape index (κ3) is 1.04. The van der Waals surface area contributed by atoms with Gasteiger partial charge in [0.25, 0.3) is 0 Å². The second-order valence-electron chi connectivity index (χ2n) is 3.44. The molecule has 0 radical (unpaired) electrons. The largest absolute Gasteiger partial charge is 0.235 e. The molecule has 56 valence electrons. The van der Waals surface area contributed by atoms with Gasteiger partial charge in [-0.3, -0.25) is 0 Å². The summed E-state index contributed by atoms with van der Waals surface area (Å²) < 4.78 is 0. The Kier molecular flexibility index (Phi) is 1.13. The highest BCUT2D eigenvalue weighted by molar-refractivity contribution is 6.15. The van der Waals surface area contributed by atoms with Crippen LogP contribution in [0.2, 0.25) is 0 Å². The van der Waals surface area contributed by atoms with Crippen LogP contribution in [-0.4, -0.2) is 12.1 Å². The summed E-state index contributed by atoms with van der Waals surface area (Å²) in [5.41, 5.74) is 2.14. The van der Waals surface area contributed by atoms with Crippen LogP contribution in [-0.2, 0) is 0 Å². The number of nitrogens with zero attached hydrogens (tertiary/aromatic N) is 2. The van der Waals surface area contributed by atoms with Gasteiger partial charge in [0.2, 0.25) is 0 Å². The zero-order valence-corrected chi connectivity index (χ0v) is 6.70. The minimum Gasteiger partial charge on any atom is -0.235 e. The summed E-state index contributed by atoms with van der Waals surface area (Å²) in [5, 5.41) is 0. The predicted octanol–water partition coefficient (Wildman–Crippen LogP) is 1.95. The lowest BCUT2D eigenvalue weighted by Gasteiger charge is -2.18. The molecular weight excluding hydrogens is 136 g/mol. The van der Waals surface area contributed by atoms with Crippen molar-refractivity contribution in [1.82, 2.24) is 0 Å². The van der Waals surface area contributed by atoms with Crippen LogP contribution < -0.4 is 0 Å². The van der Waals surface area contributed by atoms with Crippen molar-refractivity contribution in [2.45, 2.75) is 13.8 Å². The summed E-state index contributed by atoms with van der Waals surface area (Å²) in [4.78, 5) is 8.23. The van der Waals surface area contributed by atoms with E-state index in [1.165, 1.54) is 0 Å². The third-order valence-corrected chi connectivity index (χ3v) is 1.84. The molecule has 0 saturated heterocycles. The molecule has 2 aliphatic rings. The van der Waals surface area contributed by atoms with E-state index < -0.39 is 0 Å². The molecular formula is C9H10N2. The number of rotatable bonds is 0. The maximum Gasteiger partial charge on any atom is 0.116 e. The van der Waals surface area contributed by atoms with Crippen molar-refractivity contribution in [2.24, 2.45) is 15.4 Å². The summed E-state index contributed by atoms with van der Waals surface area (Å²) in [5.74, 6) is 0. The van der Waals surface area contributed by atoms with E-state index in [0.717, 1.165) is 11.4 Å². The Hall–Kier alpha value is -1.18. The van der Waals surface area contributed by atoms with Gasteiger partial charge in [-0.1, -0.05) is 19.9 Å². The first kappa shape index (κ1) is 6.53. The van der Waals surface area contributed by atoms with Crippen LogP contribution in [0, 0.1) is 5.41 Å². The fourth-order valence-electron chi connectivity index (χ4n) is 1.22. The van der Waals surface area contributed by atoms with Crippen molar-refractivity contribution in [2.75, 3.05) is 0 Å². The highest BCUT2D eigenvalue weighted by atomic mass is 15.0. The Balaban J connectivity index is 2.45. The molecule has 0 fully saturated rings. The molecule has 1 heterocycles. The maximum absolute atomic E-state index is 4.13. The maximum atomic E-state index is 4.13. The van der Waals surface area contributed by atoms with E-state index >= 15 is 0 Å². The first-order valence-corrected chi connectivity index (χ1v) is 3.70. The van der Waals surface area contributed by atoms with E-state index in [1.54, 1.807) is 6.34 Å². The van der Waals surface area contributed by atoms with E-state index in [4.69, 9.17) is 0 Å². The molecule has 0 unspecified atom stereocenters. The van der Waals surface area contributed by atoms with Gasteiger partial charge >= 0.3 is 0 Å². The molecule has 0 spiro atoms. The monoisotopic (exact) mass is 146 g/mol. The summed E-state index contributed by atoms with van der Waals surface area (Å²) in [7, 11) is 0. The van der Waals surface area contributed by atoms with Gasteiger partial charge in [-0.15, -0.1) is 0 Å². The number of allylic oxidation sites excluding steroid dienone is 3. The van der Waals surface area contributed by atoms with Gasteiger partial charge in [0, 0.05) is 5.41 Å². The fraction of sp³-hybridized carbons (Fsp3) is 0.333. The molecule has 1 aliphatic heterocycles. The van der Waals surface area contributed by atoms with Crippen LogP contribution in [0.25, 0.3) is 0 Å². The Morgan fingerprint density at radius 2 is 2.18 bits per heavy atom. The van der Waals surface area contributed by atoms with Gasteiger partial charge in [-0.05, 0) is 12.2 Å². The lowest BCUT2D eigenvalue weighted by molar-refractivity contribution is 0.620. The van der Waals surface area contributed by atoms with Crippen molar-refractivity contribution in [3.05, 3.63) is 23.9 Å². The first-order valence-electron chi connectivity index (χ1n) is 3.70. The van der Waals surface area contributed by atoms with E-state index in [1.807, 2.05) is 6.08 Å². The number of fused-ring (bicyclic) bond motifs is 1. The van der Waals surface area contributed by atoms with E-state index in [-0.39, 0.29) is 5.41 Å². The molecule has 0 bridgehead atoms. The topological polar surface area (TPSA) is 24.7 Å². The Morgan fingerprint density at radius 3 is 3.00 bits per heavy atom. The SMILES string of the molecule is CC1(C)C=CC2=NC=NC2=C1. The Labute approximate surface area is 66.1 Å². The van der Waals surface area contributed by atoms with Crippen LogP contribution in [0.4, 0.5) is 0 Å². The molecule has 2 nitrogen and oxygen atoms in total. The smallest absolute Gasteiger partial charge is 0.116 e. The fourth-order valence-corrected chi connectivity index (χ4v) is 1.22. The van der Waals surface area contributed by atoms with Crippen LogP contribution in [0.5, 0.6) is 0 Å². The van der Waals surface area contributed by atoms with Gasteiger partial charge in [0.15, 0.2) is 0 Å². The standard InChI is InChI=1S/C9H10N2/c1-9(2)4-3-7-8(5-9)11-6-10-7/h3-6H,1-2H3. The molecule has 2 heteroatoms. The highest BCUT2D eigenvalue weighted by Gasteiger charge is 2.20. The summed E-state index contributed by atoms with van der Waals surface area (Å²) in [6, 6.07) is 0. The minimum atomic E-state index is 0.135. The Morgan fingerprint density at radius 1 is 1.36 bits per heavy atom. The predicted molar refractivity (Wildman–Crippen MR) is 46.9 cm³/mol. The lowest BCUT2D eigenvalue weighted by atomic mass is 9.87. The van der Waals surface area contributed by atoms with Gasteiger partial charge in [-0.2, -0.15) is 0 Å². The molecule has 0 aromatic heterocycles. The van der Waals surface area contributed by atoms with Gasteiger partial charge in [-0.25, -0.2) is 9.98 Å². The van der Waals surface area contributed by atoms with Crippen molar-refractivity contribution in [1.29, 1.82) is 0 Å². The number of hydrogen-bond acceptors (Lipinski definition) is 2. The molecule has 0 aromatic carbocycles. The molecule has 0 N–H and O–H groups in total. The Bertz CT molecular complexity index is 304.